The number of hydrogen-bond acceptors (Lipinski definition) is 4. The van der Waals surface area contributed by atoms with Crippen molar-refractivity contribution in [2.24, 2.45) is 5.73 Å². The van der Waals surface area contributed by atoms with Gasteiger partial charge in [0.05, 0.1) is 6.54 Å². The number of benzene rings is 1. The average Bonchev–Trinajstić information content (AvgIpc) is 2.52. The fourth-order valence-electron chi connectivity index (χ4n) is 2.87. The van der Waals surface area contributed by atoms with Crippen LogP contribution in [0.1, 0.15) is 38.5 Å². The number of anilines is 2. The van der Waals surface area contributed by atoms with Crippen LogP contribution in [0.25, 0.3) is 0 Å². The normalized spacial score (nSPS) is 15.4. The molecule has 1 fully saturated rings. The molecule has 1 aliphatic rings. The number of likely N-dealkylation sites (tertiary alicyclic amines) is 1. The number of carbonyl (C=O) groups is 2. The first-order chi connectivity index (χ1) is 11.7. The standard InChI is InChI=1S/C18H28N4O2.ClH/c19-11-10-17(23)20-15-6-8-16(9-7-15)21-18(24)14-22-12-4-2-1-3-5-13-22;/h6-9H,1-5,10-14,19H2,(H,20,23)(H,21,24);1H. The molecule has 1 aromatic carbocycles. The minimum atomic E-state index is -0.105. The summed E-state index contributed by atoms with van der Waals surface area (Å²) >= 11 is 0. The molecule has 0 radical (unpaired) electrons. The summed E-state index contributed by atoms with van der Waals surface area (Å²) in [7, 11) is 0. The first kappa shape index (κ1) is 21.4. The highest BCUT2D eigenvalue weighted by Crippen LogP contribution is 2.14. The molecule has 0 spiro atoms. The predicted molar refractivity (Wildman–Crippen MR) is 104 cm³/mol. The Labute approximate surface area is 155 Å². The summed E-state index contributed by atoms with van der Waals surface area (Å²) in [6.07, 6.45) is 6.47. The van der Waals surface area contributed by atoms with Crippen LogP contribution < -0.4 is 16.4 Å². The highest BCUT2D eigenvalue weighted by atomic mass is 35.5. The van der Waals surface area contributed by atoms with Gasteiger partial charge in [0.25, 0.3) is 0 Å². The van der Waals surface area contributed by atoms with E-state index in [2.05, 4.69) is 15.5 Å². The number of rotatable bonds is 6. The molecule has 2 rings (SSSR count). The van der Waals surface area contributed by atoms with Crippen LogP contribution in [0.3, 0.4) is 0 Å². The molecule has 140 valence electrons. The SMILES string of the molecule is Cl.NCCC(=O)Nc1ccc(NC(=O)CN2CCCCCCC2)cc1. The molecular weight excluding hydrogens is 340 g/mol. The largest absolute Gasteiger partial charge is 0.330 e. The Morgan fingerprint density at radius 1 is 0.880 bits per heavy atom. The third-order valence-corrected chi connectivity index (χ3v) is 4.14. The van der Waals surface area contributed by atoms with Crippen molar-refractivity contribution in [1.82, 2.24) is 4.90 Å². The van der Waals surface area contributed by atoms with Gasteiger partial charge in [-0.3, -0.25) is 14.5 Å². The maximum Gasteiger partial charge on any atom is 0.238 e. The number of nitrogens with two attached hydrogens (primary N) is 1. The van der Waals surface area contributed by atoms with Gasteiger partial charge in [-0.05, 0) is 50.2 Å². The van der Waals surface area contributed by atoms with Gasteiger partial charge < -0.3 is 16.4 Å². The van der Waals surface area contributed by atoms with Crippen LogP contribution in [0.15, 0.2) is 24.3 Å². The van der Waals surface area contributed by atoms with E-state index in [9.17, 15) is 9.59 Å². The van der Waals surface area contributed by atoms with E-state index < -0.39 is 0 Å². The highest BCUT2D eigenvalue weighted by Gasteiger charge is 2.12. The summed E-state index contributed by atoms with van der Waals surface area (Å²) < 4.78 is 0. The van der Waals surface area contributed by atoms with Crippen molar-refractivity contribution >= 4 is 35.6 Å². The Morgan fingerprint density at radius 2 is 1.36 bits per heavy atom. The lowest BCUT2D eigenvalue weighted by Gasteiger charge is -2.23. The number of amides is 2. The van der Waals surface area contributed by atoms with Crippen LogP contribution in [0.4, 0.5) is 11.4 Å². The molecule has 0 bridgehead atoms. The summed E-state index contributed by atoms with van der Waals surface area (Å²) in [5, 5.41) is 5.68. The smallest absolute Gasteiger partial charge is 0.238 e. The highest BCUT2D eigenvalue weighted by molar-refractivity contribution is 5.93. The number of hydrogen-bond donors (Lipinski definition) is 3. The van der Waals surface area contributed by atoms with Crippen LogP contribution in [-0.2, 0) is 9.59 Å². The molecule has 0 saturated carbocycles. The van der Waals surface area contributed by atoms with Crippen molar-refractivity contribution in [3.63, 3.8) is 0 Å². The van der Waals surface area contributed by atoms with Crippen LogP contribution in [0, 0.1) is 0 Å². The molecule has 0 aliphatic carbocycles. The molecule has 4 N–H and O–H groups in total. The fourth-order valence-corrected chi connectivity index (χ4v) is 2.87. The fraction of sp³-hybridized carbons (Fsp3) is 0.556. The summed E-state index contributed by atoms with van der Waals surface area (Å²) in [6.45, 7) is 2.77. The third kappa shape index (κ3) is 8.34. The van der Waals surface area contributed by atoms with E-state index in [1.807, 2.05) is 0 Å². The predicted octanol–water partition coefficient (Wildman–Crippen LogP) is 2.60. The van der Waals surface area contributed by atoms with Gasteiger partial charge in [0.15, 0.2) is 0 Å². The maximum absolute atomic E-state index is 12.2. The molecule has 1 aromatic rings. The molecule has 1 aliphatic heterocycles. The second kappa shape index (κ2) is 11.8. The van der Waals surface area contributed by atoms with Gasteiger partial charge in [-0.1, -0.05) is 19.3 Å². The van der Waals surface area contributed by atoms with Crippen molar-refractivity contribution in [3.05, 3.63) is 24.3 Å². The molecule has 25 heavy (non-hydrogen) atoms. The Kier molecular flexibility index (Phi) is 10.1. The first-order valence-corrected chi connectivity index (χ1v) is 8.79. The minimum Gasteiger partial charge on any atom is -0.330 e. The molecule has 0 unspecified atom stereocenters. The van der Waals surface area contributed by atoms with Gasteiger partial charge in [-0.15, -0.1) is 12.4 Å². The Hall–Kier alpha value is -1.63. The van der Waals surface area contributed by atoms with E-state index in [0.29, 0.717) is 25.2 Å². The Morgan fingerprint density at radius 3 is 1.88 bits per heavy atom. The molecule has 7 heteroatoms. The van der Waals surface area contributed by atoms with E-state index in [-0.39, 0.29) is 24.2 Å². The number of nitrogens with zero attached hydrogens (tertiary/aromatic N) is 1. The van der Waals surface area contributed by atoms with Gasteiger partial charge in [-0.25, -0.2) is 0 Å². The van der Waals surface area contributed by atoms with E-state index >= 15 is 0 Å². The number of nitrogens with one attached hydrogen (secondary N) is 2. The lowest BCUT2D eigenvalue weighted by molar-refractivity contribution is -0.117. The Balaban J connectivity index is 0.00000312. The van der Waals surface area contributed by atoms with E-state index in [0.717, 1.165) is 18.8 Å². The topological polar surface area (TPSA) is 87.5 Å². The van der Waals surface area contributed by atoms with Crippen molar-refractivity contribution in [3.8, 4) is 0 Å². The van der Waals surface area contributed by atoms with Crippen LogP contribution >= 0.6 is 12.4 Å². The zero-order valence-electron chi connectivity index (χ0n) is 14.6. The lowest BCUT2D eigenvalue weighted by atomic mass is 10.1. The van der Waals surface area contributed by atoms with Crippen molar-refractivity contribution in [2.75, 3.05) is 36.8 Å². The van der Waals surface area contributed by atoms with E-state index in [1.54, 1.807) is 24.3 Å². The zero-order chi connectivity index (χ0) is 17.2. The van der Waals surface area contributed by atoms with Crippen molar-refractivity contribution in [2.45, 2.75) is 38.5 Å². The van der Waals surface area contributed by atoms with Gasteiger partial charge in [0.2, 0.25) is 11.8 Å². The third-order valence-electron chi connectivity index (χ3n) is 4.14. The molecule has 1 saturated heterocycles. The van der Waals surface area contributed by atoms with Crippen LogP contribution in [0.2, 0.25) is 0 Å². The average molecular weight is 369 g/mol. The summed E-state index contributed by atoms with van der Waals surface area (Å²) in [5.74, 6) is -0.0955. The first-order valence-electron chi connectivity index (χ1n) is 8.79. The van der Waals surface area contributed by atoms with Gasteiger partial charge in [-0.2, -0.15) is 0 Å². The monoisotopic (exact) mass is 368 g/mol. The van der Waals surface area contributed by atoms with Crippen LogP contribution in [-0.4, -0.2) is 42.9 Å². The molecule has 0 aromatic heterocycles. The molecule has 0 atom stereocenters. The molecule has 2 amide bonds. The second-order valence-electron chi connectivity index (χ2n) is 6.26. The zero-order valence-corrected chi connectivity index (χ0v) is 15.4. The number of carbonyl (C=O) groups excluding carboxylic acids is 2. The molecular formula is C18H29ClN4O2. The van der Waals surface area contributed by atoms with E-state index in [4.69, 9.17) is 5.73 Å². The molecule has 6 nitrogen and oxygen atoms in total. The van der Waals surface area contributed by atoms with Gasteiger partial charge in [0.1, 0.15) is 0 Å². The van der Waals surface area contributed by atoms with Crippen LogP contribution in [0.5, 0.6) is 0 Å². The second-order valence-corrected chi connectivity index (χ2v) is 6.26. The van der Waals surface area contributed by atoms with Crippen molar-refractivity contribution < 1.29 is 9.59 Å². The van der Waals surface area contributed by atoms with E-state index in [1.165, 1.54) is 32.1 Å². The lowest BCUT2D eigenvalue weighted by Crippen LogP contribution is -2.35. The quantitative estimate of drug-likeness (QED) is 0.720. The Bertz CT molecular complexity index is 528. The summed E-state index contributed by atoms with van der Waals surface area (Å²) in [4.78, 5) is 25.9. The van der Waals surface area contributed by atoms with Gasteiger partial charge in [0, 0.05) is 24.3 Å². The molecule has 1 heterocycles. The number of halogens is 1. The minimum absolute atomic E-state index is 0. The summed E-state index contributed by atoms with van der Waals surface area (Å²) in [6, 6.07) is 7.15. The summed E-state index contributed by atoms with van der Waals surface area (Å²) in [5.41, 5.74) is 6.79. The maximum atomic E-state index is 12.2. The van der Waals surface area contributed by atoms with Gasteiger partial charge >= 0.3 is 0 Å². The van der Waals surface area contributed by atoms with Crippen molar-refractivity contribution in [1.29, 1.82) is 0 Å².